The van der Waals surface area contributed by atoms with Crippen LogP contribution in [0.2, 0.25) is 0 Å². The van der Waals surface area contributed by atoms with Gasteiger partial charge in [0.2, 0.25) is 11.8 Å². The van der Waals surface area contributed by atoms with Gasteiger partial charge in [0.15, 0.2) is 6.10 Å². The predicted molar refractivity (Wildman–Crippen MR) is 149 cm³/mol. The number of amides is 3. The maximum absolute atomic E-state index is 14.0. The quantitative estimate of drug-likeness (QED) is 0.208. The summed E-state index contributed by atoms with van der Waals surface area (Å²) in [5.74, 6) is -1.19. The van der Waals surface area contributed by atoms with Crippen LogP contribution in [0.15, 0.2) is 0 Å². The highest BCUT2D eigenvalue weighted by molar-refractivity contribution is 5.90. The van der Waals surface area contributed by atoms with Gasteiger partial charge in [0.25, 0.3) is 5.91 Å². The first-order valence-electron chi connectivity index (χ1n) is 15.2. The fraction of sp³-hybridized carbons (Fsp3) is 0.893. The van der Waals surface area contributed by atoms with Crippen LogP contribution < -0.4 is 16.0 Å². The molecule has 41 heavy (non-hydrogen) atoms. The molecule has 5 saturated heterocycles. The summed E-state index contributed by atoms with van der Waals surface area (Å²) in [6.07, 6.45) is -3.81. The van der Waals surface area contributed by atoms with Crippen molar-refractivity contribution < 1.29 is 34.4 Å². The van der Waals surface area contributed by atoms with Gasteiger partial charge in [0.05, 0.1) is 12.0 Å². The molecule has 0 unspecified atom stereocenters. The van der Waals surface area contributed by atoms with Gasteiger partial charge in [-0.1, -0.05) is 0 Å². The number of aliphatic hydroxyl groups is 3. The molecule has 0 saturated carbocycles. The molecule has 232 valence electrons. The summed E-state index contributed by atoms with van der Waals surface area (Å²) < 4.78 is 5.81. The largest absolute Gasteiger partial charge is 0.388 e. The molecule has 7 atom stereocenters. The van der Waals surface area contributed by atoms with Gasteiger partial charge in [-0.25, -0.2) is 0 Å². The Morgan fingerprint density at radius 2 is 1.63 bits per heavy atom. The average Bonchev–Trinajstić information content (AvgIpc) is 3.36. The second kappa shape index (κ2) is 12.4. The molecule has 5 rings (SSSR count). The number of fused-ring (bicyclic) bond motifs is 3. The van der Waals surface area contributed by atoms with E-state index in [1.165, 1.54) is 0 Å². The molecule has 1 spiro atoms. The molecule has 2 bridgehead atoms. The Morgan fingerprint density at radius 1 is 0.951 bits per heavy atom. The second-order valence-corrected chi connectivity index (χ2v) is 13.1. The molecule has 5 fully saturated rings. The highest BCUT2D eigenvalue weighted by atomic mass is 16.5. The van der Waals surface area contributed by atoms with Crippen LogP contribution in [0.5, 0.6) is 0 Å². The van der Waals surface area contributed by atoms with Gasteiger partial charge in [-0.05, 0) is 66.1 Å². The number of aliphatic hydroxyl groups excluding tert-OH is 3. The summed E-state index contributed by atoms with van der Waals surface area (Å²) in [4.78, 5) is 47.3. The Balaban J connectivity index is 1.40. The second-order valence-electron chi connectivity index (χ2n) is 13.1. The van der Waals surface area contributed by atoms with Crippen molar-refractivity contribution in [1.82, 2.24) is 30.7 Å². The number of nitrogens with zero attached hydrogens (tertiary/aromatic N) is 3. The Kier molecular flexibility index (Phi) is 9.24. The summed E-state index contributed by atoms with van der Waals surface area (Å²) in [5.41, 5.74) is -0.895. The summed E-state index contributed by atoms with van der Waals surface area (Å²) >= 11 is 0. The fourth-order valence-electron chi connectivity index (χ4n) is 7.18. The average molecular weight is 581 g/mol. The van der Waals surface area contributed by atoms with Gasteiger partial charge >= 0.3 is 0 Å². The zero-order chi connectivity index (χ0) is 29.5. The minimum absolute atomic E-state index is 0.0207. The van der Waals surface area contributed by atoms with Crippen LogP contribution >= 0.6 is 0 Å². The molecule has 13 heteroatoms. The normalized spacial score (nSPS) is 38.2. The van der Waals surface area contributed by atoms with Crippen molar-refractivity contribution in [3.05, 3.63) is 0 Å². The van der Waals surface area contributed by atoms with E-state index in [1.54, 1.807) is 4.90 Å². The van der Waals surface area contributed by atoms with E-state index >= 15 is 0 Å². The molecule has 0 aromatic heterocycles. The number of carbonyl (C=O) groups is 3. The van der Waals surface area contributed by atoms with E-state index in [0.717, 1.165) is 25.9 Å². The monoisotopic (exact) mass is 580 g/mol. The topological polar surface area (TPSA) is 167 Å². The van der Waals surface area contributed by atoms with Crippen molar-refractivity contribution in [3.63, 3.8) is 0 Å². The smallest absolute Gasteiger partial charge is 0.252 e. The van der Waals surface area contributed by atoms with Gasteiger partial charge in [0.1, 0.15) is 30.5 Å². The van der Waals surface area contributed by atoms with Gasteiger partial charge in [-0.3, -0.25) is 14.4 Å². The third-order valence-electron chi connectivity index (χ3n) is 9.93. The van der Waals surface area contributed by atoms with Gasteiger partial charge in [-0.15, -0.1) is 0 Å². The van der Waals surface area contributed by atoms with Crippen LogP contribution in [0, 0.1) is 0 Å². The minimum atomic E-state index is -1.65. The number of hydrogen-bond donors (Lipinski definition) is 6. The summed E-state index contributed by atoms with van der Waals surface area (Å²) in [7, 11) is 2.11. The lowest BCUT2D eigenvalue weighted by atomic mass is 9.82. The van der Waals surface area contributed by atoms with E-state index in [-0.39, 0.29) is 30.8 Å². The molecular formula is C28H48N6O7. The Hall–Kier alpha value is -1.87. The number of nitrogens with one attached hydrogen (secondary N) is 3. The van der Waals surface area contributed by atoms with Crippen LogP contribution in [0.3, 0.4) is 0 Å². The first-order valence-corrected chi connectivity index (χ1v) is 15.2. The summed E-state index contributed by atoms with van der Waals surface area (Å²) in [6, 6.07) is -0.112. The maximum Gasteiger partial charge on any atom is 0.252 e. The molecule has 0 aromatic carbocycles. The molecule has 5 aliphatic rings. The first-order chi connectivity index (χ1) is 19.5. The maximum atomic E-state index is 14.0. The Morgan fingerprint density at radius 3 is 2.29 bits per heavy atom. The molecule has 6 N–H and O–H groups in total. The number of ether oxygens (including phenoxy) is 1. The summed E-state index contributed by atoms with van der Waals surface area (Å²) in [6.45, 7) is 7.78. The lowest BCUT2D eigenvalue weighted by Gasteiger charge is -2.45. The van der Waals surface area contributed by atoms with E-state index in [2.05, 4.69) is 46.6 Å². The van der Waals surface area contributed by atoms with E-state index in [9.17, 15) is 29.7 Å². The van der Waals surface area contributed by atoms with Crippen molar-refractivity contribution in [2.75, 3.05) is 46.3 Å². The van der Waals surface area contributed by atoms with Crippen molar-refractivity contribution >= 4 is 17.7 Å². The van der Waals surface area contributed by atoms with Crippen LogP contribution in [0.25, 0.3) is 0 Å². The van der Waals surface area contributed by atoms with Crippen LogP contribution in [-0.2, 0) is 19.1 Å². The van der Waals surface area contributed by atoms with E-state index in [4.69, 9.17) is 4.74 Å². The van der Waals surface area contributed by atoms with E-state index in [1.807, 2.05) is 0 Å². The summed E-state index contributed by atoms with van der Waals surface area (Å²) in [5, 5.41) is 41.3. The molecule has 5 heterocycles. The molecule has 0 aromatic rings. The Labute approximate surface area is 241 Å². The number of carbonyl (C=O) groups excluding carboxylic acids is 3. The van der Waals surface area contributed by atoms with E-state index < -0.39 is 48.0 Å². The third-order valence-corrected chi connectivity index (χ3v) is 9.93. The highest BCUT2D eigenvalue weighted by Gasteiger charge is 2.51. The lowest BCUT2D eigenvalue weighted by molar-refractivity contribution is -0.220. The van der Waals surface area contributed by atoms with Gasteiger partial charge < -0.3 is 50.7 Å². The van der Waals surface area contributed by atoms with Crippen LogP contribution in [0.4, 0.5) is 0 Å². The zero-order valence-corrected chi connectivity index (χ0v) is 24.5. The SMILES string of the molecule is CC(C)N1CCC2(CC1)CC(=O)N1C[C@@H](NC3CCN(C)CC3)C[C@H]1C(=O)NC[C@@H]1O[C@H](C(=O)N2)[C@H](O)[C@H](O)[C@H]1O. The van der Waals surface area contributed by atoms with Crippen LogP contribution in [0.1, 0.15) is 52.4 Å². The molecule has 0 aliphatic carbocycles. The molecular weight excluding hydrogens is 532 g/mol. The fourth-order valence-corrected chi connectivity index (χ4v) is 7.18. The highest BCUT2D eigenvalue weighted by Crippen LogP contribution is 2.32. The third kappa shape index (κ3) is 6.56. The van der Waals surface area contributed by atoms with Crippen molar-refractivity contribution in [1.29, 1.82) is 0 Å². The molecule has 13 nitrogen and oxygen atoms in total. The first kappa shape index (κ1) is 30.6. The molecule has 3 amide bonds. The zero-order valence-electron chi connectivity index (χ0n) is 24.5. The van der Waals surface area contributed by atoms with Crippen molar-refractivity contribution in [3.8, 4) is 0 Å². The van der Waals surface area contributed by atoms with Gasteiger partial charge in [0, 0.05) is 44.3 Å². The molecule has 5 aliphatic heterocycles. The number of likely N-dealkylation sites (tertiary alicyclic amines) is 2. The van der Waals surface area contributed by atoms with E-state index in [0.29, 0.717) is 51.0 Å². The van der Waals surface area contributed by atoms with Crippen molar-refractivity contribution in [2.24, 2.45) is 0 Å². The number of piperidine rings is 2. The minimum Gasteiger partial charge on any atom is -0.388 e. The predicted octanol–water partition coefficient (Wildman–Crippen LogP) is -2.63. The molecule has 0 radical (unpaired) electrons. The van der Waals surface area contributed by atoms with Crippen LogP contribution in [-0.4, -0.2) is 154 Å². The van der Waals surface area contributed by atoms with Gasteiger partial charge in [-0.2, -0.15) is 0 Å². The lowest BCUT2D eigenvalue weighted by Crippen LogP contribution is -2.66. The standard InChI is InChI=1S/C28H48N6O7/c1-16(2)33-10-6-28(7-11-33)13-21(35)34-15-18(30-17-4-8-32(3)9-5-17)12-19(34)26(39)29-14-20-22(36)23(37)24(38)25(41-20)27(40)31-28/h16-20,22-25,30,36-38H,4-15H2,1-3H3,(H,29,39)(H,31,40)/t18-,19-,20-,22-,23+,24+,25-/m0/s1. The van der Waals surface area contributed by atoms with Crippen molar-refractivity contribution in [2.45, 2.75) is 113 Å². The Bertz CT molecular complexity index is 968. The number of hydrogen-bond acceptors (Lipinski definition) is 10. The number of rotatable bonds is 3.